The Labute approximate surface area is 90.3 Å². The lowest BCUT2D eigenvalue weighted by atomic mass is 10.2. The lowest BCUT2D eigenvalue weighted by molar-refractivity contribution is 0.0215. The number of aliphatic hydroxyl groups is 1. The Kier molecular flexibility index (Phi) is 3.36. The lowest BCUT2D eigenvalue weighted by Crippen LogP contribution is -2.25. The molecule has 2 rings (SSSR count). The normalized spacial score (nSPS) is 27.1. The van der Waals surface area contributed by atoms with Gasteiger partial charge in [0.05, 0.1) is 12.2 Å². The smallest absolute Gasteiger partial charge is 0.0969 e. The molecule has 0 aromatic heterocycles. The molecule has 0 saturated carbocycles. The first-order valence-electron chi connectivity index (χ1n) is 5.26. The highest BCUT2D eigenvalue weighted by molar-refractivity contribution is 5.14. The van der Waals surface area contributed by atoms with E-state index < -0.39 is 0 Å². The topological polar surface area (TPSA) is 32.7 Å². The molecule has 1 N–H and O–H groups in total. The summed E-state index contributed by atoms with van der Waals surface area (Å²) >= 11 is 0. The second-order valence-corrected chi connectivity index (χ2v) is 4.02. The van der Waals surface area contributed by atoms with Crippen LogP contribution in [0.15, 0.2) is 30.3 Å². The van der Waals surface area contributed by atoms with Crippen LogP contribution >= 0.6 is 0 Å². The third kappa shape index (κ3) is 2.56. The first kappa shape index (κ1) is 10.6. The van der Waals surface area contributed by atoms with Crippen LogP contribution in [-0.4, -0.2) is 42.4 Å². The summed E-state index contributed by atoms with van der Waals surface area (Å²) in [5, 5.41) is 9.67. The Hall–Kier alpha value is -0.900. The van der Waals surface area contributed by atoms with Crippen molar-refractivity contribution in [1.82, 2.24) is 4.90 Å². The monoisotopic (exact) mass is 207 g/mol. The van der Waals surface area contributed by atoms with Crippen LogP contribution in [0.2, 0.25) is 0 Å². The van der Waals surface area contributed by atoms with Gasteiger partial charge in [-0.2, -0.15) is 0 Å². The van der Waals surface area contributed by atoms with Crippen molar-refractivity contribution in [3.05, 3.63) is 35.9 Å². The fraction of sp³-hybridized carbons (Fsp3) is 0.500. The van der Waals surface area contributed by atoms with Crippen molar-refractivity contribution in [2.75, 3.05) is 20.2 Å². The van der Waals surface area contributed by atoms with Gasteiger partial charge in [0.25, 0.3) is 0 Å². The Balaban J connectivity index is 1.92. The second kappa shape index (κ2) is 4.75. The molecule has 0 amide bonds. The molecule has 0 bridgehead atoms. The zero-order valence-corrected chi connectivity index (χ0v) is 8.97. The van der Waals surface area contributed by atoms with Crippen molar-refractivity contribution in [1.29, 1.82) is 0 Å². The number of benzene rings is 1. The lowest BCUT2D eigenvalue weighted by Gasteiger charge is -2.14. The number of hydrogen-bond donors (Lipinski definition) is 1. The van der Waals surface area contributed by atoms with Crippen LogP contribution in [0, 0.1) is 0 Å². The first-order valence-corrected chi connectivity index (χ1v) is 5.26. The maximum Gasteiger partial charge on any atom is 0.0969 e. The summed E-state index contributed by atoms with van der Waals surface area (Å²) in [6.45, 7) is 2.40. The Morgan fingerprint density at radius 3 is 2.67 bits per heavy atom. The number of nitrogens with zero attached hydrogens (tertiary/aromatic N) is 1. The molecule has 0 spiro atoms. The SMILES string of the molecule is CO[C@@H]1CN(Cc2ccccc2)C[C@H]1O. The number of aliphatic hydroxyl groups excluding tert-OH is 1. The van der Waals surface area contributed by atoms with Crippen LogP contribution in [0.1, 0.15) is 5.56 Å². The van der Waals surface area contributed by atoms with E-state index in [9.17, 15) is 5.11 Å². The fourth-order valence-electron chi connectivity index (χ4n) is 2.04. The summed E-state index contributed by atoms with van der Waals surface area (Å²) in [5.74, 6) is 0. The predicted octanol–water partition coefficient (Wildman–Crippen LogP) is 0.878. The van der Waals surface area contributed by atoms with Gasteiger partial charge in [-0.15, -0.1) is 0 Å². The van der Waals surface area contributed by atoms with Crippen molar-refractivity contribution in [3.8, 4) is 0 Å². The van der Waals surface area contributed by atoms with Gasteiger partial charge in [0, 0.05) is 26.7 Å². The van der Waals surface area contributed by atoms with Crippen molar-refractivity contribution < 1.29 is 9.84 Å². The molecular weight excluding hydrogens is 190 g/mol. The predicted molar refractivity (Wildman–Crippen MR) is 58.5 cm³/mol. The molecule has 3 heteroatoms. The largest absolute Gasteiger partial charge is 0.389 e. The minimum Gasteiger partial charge on any atom is -0.389 e. The Bertz CT molecular complexity index is 302. The van der Waals surface area contributed by atoms with E-state index in [2.05, 4.69) is 17.0 Å². The van der Waals surface area contributed by atoms with E-state index in [1.165, 1.54) is 5.56 Å². The maximum atomic E-state index is 9.67. The molecule has 15 heavy (non-hydrogen) atoms. The molecule has 0 radical (unpaired) electrons. The van der Waals surface area contributed by atoms with Gasteiger partial charge in [0.15, 0.2) is 0 Å². The number of likely N-dealkylation sites (tertiary alicyclic amines) is 1. The molecule has 2 atom stereocenters. The minimum atomic E-state index is -0.348. The molecule has 1 heterocycles. The Morgan fingerprint density at radius 2 is 2.07 bits per heavy atom. The van der Waals surface area contributed by atoms with Crippen molar-refractivity contribution >= 4 is 0 Å². The zero-order valence-electron chi connectivity index (χ0n) is 8.97. The van der Waals surface area contributed by atoms with Gasteiger partial charge in [-0.05, 0) is 5.56 Å². The molecule has 1 saturated heterocycles. The van der Waals surface area contributed by atoms with Gasteiger partial charge in [-0.25, -0.2) is 0 Å². The number of rotatable bonds is 3. The quantitative estimate of drug-likeness (QED) is 0.798. The van der Waals surface area contributed by atoms with Crippen molar-refractivity contribution in [2.24, 2.45) is 0 Å². The standard InChI is InChI=1S/C12H17NO2/c1-15-12-9-13(8-11(12)14)7-10-5-3-2-4-6-10/h2-6,11-12,14H,7-9H2,1H3/t11-,12-/m1/s1. The number of hydrogen-bond acceptors (Lipinski definition) is 3. The summed E-state index contributed by atoms with van der Waals surface area (Å²) < 4.78 is 5.20. The zero-order chi connectivity index (χ0) is 10.7. The Morgan fingerprint density at radius 1 is 1.33 bits per heavy atom. The van der Waals surface area contributed by atoms with Gasteiger partial charge in [0.2, 0.25) is 0 Å². The second-order valence-electron chi connectivity index (χ2n) is 4.02. The van der Waals surface area contributed by atoms with Crippen LogP contribution in [0.25, 0.3) is 0 Å². The van der Waals surface area contributed by atoms with Crippen LogP contribution in [0.3, 0.4) is 0 Å². The first-order chi connectivity index (χ1) is 7.29. The van der Waals surface area contributed by atoms with Gasteiger partial charge < -0.3 is 9.84 Å². The fourth-order valence-corrected chi connectivity index (χ4v) is 2.04. The van der Waals surface area contributed by atoms with Crippen molar-refractivity contribution in [3.63, 3.8) is 0 Å². The summed E-state index contributed by atoms with van der Waals surface area (Å²) in [6.07, 6.45) is -0.382. The molecular formula is C12H17NO2. The highest BCUT2D eigenvalue weighted by atomic mass is 16.5. The molecule has 0 unspecified atom stereocenters. The molecule has 1 fully saturated rings. The highest BCUT2D eigenvalue weighted by Gasteiger charge is 2.30. The van der Waals surface area contributed by atoms with Crippen LogP contribution in [0.5, 0.6) is 0 Å². The number of β-amino-alcohol motifs (C(OH)–C–C–N with tert-alkyl or cyclic N) is 1. The molecule has 0 aliphatic carbocycles. The van der Waals surface area contributed by atoms with Crippen LogP contribution in [-0.2, 0) is 11.3 Å². The molecule has 1 aliphatic rings. The van der Waals surface area contributed by atoms with E-state index in [0.29, 0.717) is 6.54 Å². The van der Waals surface area contributed by atoms with Gasteiger partial charge in [0.1, 0.15) is 0 Å². The average Bonchev–Trinajstić information content (AvgIpc) is 2.60. The average molecular weight is 207 g/mol. The molecule has 3 nitrogen and oxygen atoms in total. The third-order valence-corrected chi connectivity index (χ3v) is 2.86. The van der Waals surface area contributed by atoms with E-state index in [-0.39, 0.29) is 12.2 Å². The molecule has 1 aromatic carbocycles. The summed E-state index contributed by atoms with van der Waals surface area (Å²) in [6, 6.07) is 10.3. The van der Waals surface area contributed by atoms with Crippen LogP contribution < -0.4 is 0 Å². The van der Waals surface area contributed by atoms with Crippen molar-refractivity contribution in [2.45, 2.75) is 18.8 Å². The maximum absolute atomic E-state index is 9.67. The highest BCUT2D eigenvalue weighted by Crippen LogP contribution is 2.15. The van der Waals surface area contributed by atoms with E-state index in [1.54, 1.807) is 7.11 Å². The van der Waals surface area contributed by atoms with E-state index in [1.807, 2.05) is 18.2 Å². The summed E-state index contributed by atoms with van der Waals surface area (Å²) in [5.41, 5.74) is 1.28. The van der Waals surface area contributed by atoms with Gasteiger partial charge in [-0.3, -0.25) is 4.90 Å². The number of methoxy groups -OCH3 is 1. The van der Waals surface area contributed by atoms with E-state index >= 15 is 0 Å². The minimum absolute atomic E-state index is 0.0336. The molecule has 1 aromatic rings. The number of ether oxygens (including phenoxy) is 1. The third-order valence-electron chi connectivity index (χ3n) is 2.86. The van der Waals surface area contributed by atoms with Gasteiger partial charge in [-0.1, -0.05) is 30.3 Å². The molecule has 82 valence electrons. The summed E-state index contributed by atoms with van der Waals surface area (Å²) in [4.78, 5) is 2.22. The summed E-state index contributed by atoms with van der Waals surface area (Å²) in [7, 11) is 1.65. The van der Waals surface area contributed by atoms with E-state index in [4.69, 9.17) is 4.74 Å². The van der Waals surface area contributed by atoms with Crippen LogP contribution in [0.4, 0.5) is 0 Å². The van der Waals surface area contributed by atoms with Gasteiger partial charge >= 0.3 is 0 Å². The molecule has 1 aliphatic heterocycles. The van der Waals surface area contributed by atoms with E-state index in [0.717, 1.165) is 13.1 Å².